The highest BCUT2D eigenvalue weighted by molar-refractivity contribution is 7.89. The van der Waals surface area contributed by atoms with Crippen LogP contribution in [0.1, 0.15) is 43.6 Å². The predicted molar refractivity (Wildman–Crippen MR) is 116 cm³/mol. The van der Waals surface area contributed by atoms with Gasteiger partial charge in [0.2, 0.25) is 10.0 Å². The summed E-state index contributed by atoms with van der Waals surface area (Å²) in [4.78, 5) is 38.2. The molecular weight excluding hydrogens is 434 g/mol. The second-order valence-corrected chi connectivity index (χ2v) is 9.48. The zero-order chi connectivity index (χ0) is 23.0. The van der Waals surface area contributed by atoms with Crippen LogP contribution in [0.15, 0.2) is 41.3 Å². The second-order valence-electron chi connectivity index (χ2n) is 7.58. The molecule has 0 unspecified atom stereocenters. The summed E-state index contributed by atoms with van der Waals surface area (Å²) in [5.41, 5.74) is 1.63. The number of sulfonamides is 1. The summed E-state index contributed by atoms with van der Waals surface area (Å²) >= 11 is 0. The van der Waals surface area contributed by atoms with Gasteiger partial charge in [0.25, 0.3) is 17.7 Å². The Balaban J connectivity index is 1.62. The van der Waals surface area contributed by atoms with Crippen LogP contribution in [0.2, 0.25) is 0 Å². The SMILES string of the molecule is CCc1ccc(C(=O)Nc2ccc3c(c2)C(=O)N(C)C3=O)cc1S(=O)(=O)N1CCOCC1. The number of imide groups is 1. The summed E-state index contributed by atoms with van der Waals surface area (Å²) in [5.74, 6) is -1.35. The van der Waals surface area contributed by atoms with Crippen molar-refractivity contribution in [3.63, 3.8) is 0 Å². The lowest BCUT2D eigenvalue weighted by atomic mass is 10.1. The van der Waals surface area contributed by atoms with Crippen molar-refractivity contribution in [1.29, 1.82) is 0 Å². The number of morpholine rings is 1. The lowest BCUT2D eigenvalue weighted by Crippen LogP contribution is -2.41. The molecule has 3 amide bonds. The highest BCUT2D eigenvalue weighted by Gasteiger charge is 2.33. The maximum Gasteiger partial charge on any atom is 0.261 e. The summed E-state index contributed by atoms with van der Waals surface area (Å²) in [7, 11) is -2.38. The van der Waals surface area contributed by atoms with Crippen LogP contribution in [0.5, 0.6) is 0 Å². The quantitative estimate of drug-likeness (QED) is 0.685. The van der Waals surface area contributed by atoms with Crippen molar-refractivity contribution < 1.29 is 27.5 Å². The predicted octanol–water partition coefficient (Wildman–Crippen LogP) is 1.75. The molecule has 1 fully saturated rings. The normalized spacial score (nSPS) is 16.9. The van der Waals surface area contributed by atoms with Gasteiger partial charge >= 0.3 is 0 Å². The molecule has 0 saturated carbocycles. The number of ether oxygens (including phenoxy) is 1. The number of anilines is 1. The van der Waals surface area contributed by atoms with Crippen LogP contribution in [0, 0.1) is 0 Å². The molecule has 9 nitrogen and oxygen atoms in total. The van der Waals surface area contributed by atoms with Crippen molar-refractivity contribution in [3.8, 4) is 0 Å². The largest absolute Gasteiger partial charge is 0.379 e. The van der Waals surface area contributed by atoms with Gasteiger partial charge in [0.15, 0.2) is 0 Å². The van der Waals surface area contributed by atoms with E-state index in [0.717, 1.165) is 4.90 Å². The van der Waals surface area contributed by atoms with Gasteiger partial charge in [0.05, 0.1) is 29.2 Å². The van der Waals surface area contributed by atoms with Gasteiger partial charge < -0.3 is 10.1 Å². The molecule has 1 saturated heterocycles. The number of hydrogen-bond acceptors (Lipinski definition) is 6. The topological polar surface area (TPSA) is 113 Å². The summed E-state index contributed by atoms with van der Waals surface area (Å²) < 4.78 is 33.0. The Morgan fingerprint density at radius 3 is 2.41 bits per heavy atom. The highest BCUT2D eigenvalue weighted by atomic mass is 32.2. The Labute approximate surface area is 186 Å². The maximum atomic E-state index is 13.2. The van der Waals surface area contributed by atoms with E-state index in [2.05, 4.69) is 5.32 Å². The van der Waals surface area contributed by atoms with Crippen molar-refractivity contribution >= 4 is 33.4 Å². The van der Waals surface area contributed by atoms with Crippen molar-refractivity contribution in [2.75, 3.05) is 38.7 Å². The molecule has 0 atom stereocenters. The lowest BCUT2D eigenvalue weighted by molar-refractivity contribution is 0.0692. The first-order chi connectivity index (χ1) is 15.2. The number of benzene rings is 2. The minimum Gasteiger partial charge on any atom is -0.379 e. The molecule has 0 aromatic heterocycles. The van der Waals surface area contributed by atoms with E-state index in [9.17, 15) is 22.8 Å². The third-order valence-corrected chi connectivity index (χ3v) is 7.63. The van der Waals surface area contributed by atoms with Gasteiger partial charge in [-0.15, -0.1) is 0 Å². The van der Waals surface area contributed by atoms with Crippen LogP contribution in [-0.4, -0.2) is 68.7 Å². The van der Waals surface area contributed by atoms with Gasteiger partial charge in [-0.25, -0.2) is 8.42 Å². The molecule has 4 rings (SSSR count). The molecule has 0 spiro atoms. The number of aryl methyl sites for hydroxylation is 1. The molecule has 0 radical (unpaired) electrons. The molecular formula is C22H23N3O6S. The molecule has 1 N–H and O–H groups in total. The summed E-state index contributed by atoms with van der Waals surface area (Å²) in [6.45, 7) is 3.04. The summed E-state index contributed by atoms with van der Waals surface area (Å²) in [6.07, 6.45) is 0.495. The van der Waals surface area contributed by atoms with Crippen molar-refractivity contribution in [1.82, 2.24) is 9.21 Å². The van der Waals surface area contributed by atoms with Crippen LogP contribution in [0.3, 0.4) is 0 Å². The standard InChI is InChI=1S/C22H23N3O6S/c1-3-14-4-5-15(12-19(14)32(29,30)25-8-10-31-11-9-25)20(26)23-16-6-7-17-18(13-16)22(28)24(2)21(17)27/h4-7,12-13H,3,8-11H2,1-2H3,(H,23,26). The van der Waals surface area contributed by atoms with Gasteiger partial charge in [-0.2, -0.15) is 4.31 Å². The Morgan fingerprint density at radius 1 is 1.03 bits per heavy atom. The first-order valence-electron chi connectivity index (χ1n) is 10.2. The number of carbonyl (C=O) groups is 3. The minimum atomic E-state index is -3.78. The van der Waals surface area contributed by atoms with Crippen molar-refractivity contribution in [2.24, 2.45) is 0 Å². The minimum absolute atomic E-state index is 0.103. The van der Waals surface area contributed by atoms with Crippen LogP contribution >= 0.6 is 0 Å². The van der Waals surface area contributed by atoms with Crippen molar-refractivity contribution in [2.45, 2.75) is 18.2 Å². The molecule has 0 aliphatic carbocycles. The third-order valence-electron chi connectivity index (χ3n) is 5.65. The number of amides is 3. The second kappa shape index (κ2) is 8.45. The van der Waals surface area contributed by atoms with Gasteiger partial charge in [-0.1, -0.05) is 13.0 Å². The van der Waals surface area contributed by atoms with Crippen LogP contribution in [0.4, 0.5) is 5.69 Å². The fraction of sp³-hybridized carbons (Fsp3) is 0.318. The monoisotopic (exact) mass is 457 g/mol. The summed E-state index contributed by atoms with van der Waals surface area (Å²) in [5, 5.41) is 2.68. The number of hydrogen-bond donors (Lipinski definition) is 1. The lowest BCUT2D eigenvalue weighted by Gasteiger charge is -2.27. The Kier molecular flexibility index (Phi) is 5.85. The molecule has 2 aromatic rings. The van der Waals surface area contributed by atoms with E-state index in [-0.39, 0.29) is 34.7 Å². The van der Waals surface area contributed by atoms with Gasteiger partial charge in [-0.05, 0) is 42.3 Å². The van der Waals surface area contributed by atoms with E-state index in [0.29, 0.717) is 30.9 Å². The van der Waals surface area contributed by atoms with E-state index >= 15 is 0 Å². The zero-order valence-electron chi connectivity index (χ0n) is 17.8. The molecule has 0 bridgehead atoms. The fourth-order valence-corrected chi connectivity index (χ4v) is 5.52. The number of fused-ring (bicyclic) bond motifs is 1. The average molecular weight is 458 g/mol. The van der Waals surface area contributed by atoms with E-state index in [4.69, 9.17) is 4.74 Å². The first kappa shape index (κ1) is 22.1. The van der Waals surface area contributed by atoms with Crippen LogP contribution in [0.25, 0.3) is 0 Å². The maximum absolute atomic E-state index is 13.2. The van der Waals surface area contributed by atoms with Gasteiger partial charge in [0.1, 0.15) is 0 Å². The van der Waals surface area contributed by atoms with Gasteiger partial charge in [0, 0.05) is 31.4 Å². The van der Waals surface area contributed by atoms with Gasteiger partial charge in [-0.3, -0.25) is 19.3 Å². The Hall–Kier alpha value is -3.08. The molecule has 2 aliphatic heterocycles. The molecule has 2 heterocycles. The smallest absolute Gasteiger partial charge is 0.261 e. The van der Waals surface area contributed by atoms with Crippen molar-refractivity contribution in [3.05, 3.63) is 58.7 Å². The van der Waals surface area contributed by atoms with E-state index in [1.54, 1.807) is 12.1 Å². The number of carbonyl (C=O) groups excluding carboxylic acids is 3. The molecule has 32 heavy (non-hydrogen) atoms. The molecule has 2 aliphatic rings. The molecule has 10 heteroatoms. The van der Waals surface area contributed by atoms with Crippen LogP contribution in [-0.2, 0) is 21.2 Å². The Morgan fingerprint density at radius 2 is 1.72 bits per heavy atom. The Bertz CT molecular complexity index is 1220. The van der Waals surface area contributed by atoms with E-state index in [1.165, 1.54) is 35.6 Å². The molecule has 2 aromatic carbocycles. The number of nitrogens with one attached hydrogen (secondary N) is 1. The zero-order valence-corrected chi connectivity index (χ0v) is 18.6. The first-order valence-corrected chi connectivity index (χ1v) is 11.7. The van der Waals surface area contributed by atoms with E-state index in [1.807, 2.05) is 6.92 Å². The average Bonchev–Trinajstić information content (AvgIpc) is 3.02. The van der Waals surface area contributed by atoms with E-state index < -0.39 is 27.7 Å². The number of rotatable bonds is 5. The van der Waals surface area contributed by atoms with Crippen LogP contribution < -0.4 is 5.32 Å². The highest BCUT2D eigenvalue weighted by Crippen LogP contribution is 2.26. The third kappa shape index (κ3) is 3.81. The molecule has 168 valence electrons. The fourth-order valence-electron chi connectivity index (χ4n) is 3.80. The summed E-state index contributed by atoms with van der Waals surface area (Å²) in [6, 6.07) is 9.07. The number of nitrogens with zero attached hydrogens (tertiary/aromatic N) is 2.